The molecule has 0 spiro atoms. The van der Waals surface area contributed by atoms with Gasteiger partial charge in [0.15, 0.2) is 0 Å². The third-order valence-corrected chi connectivity index (χ3v) is 5.60. The van der Waals surface area contributed by atoms with Crippen LogP contribution in [0.15, 0.2) is 54.6 Å². The van der Waals surface area contributed by atoms with E-state index in [0.717, 1.165) is 41.0 Å². The average molecular weight is 441 g/mol. The molecule has 0 atom stereocenters. The van der Waals surface area contributed by atoms with Crippen LogP contribution in [0.1, 0.15) is 23.2 Å². The van der Waals surface area contributed by atoms with Gasteiger partial charge in [0, 0.05) is 37.3 Å². The fourth-order valence-electron chi connectivity index (χ4n) is 3.60. The SMILES string of the molecule is O=C(O)CCN1CCc2nc(-c3ccc(OCc4ccc(F)cc4)c(Cl)c3)ccc2C1. The van der Waals surface area contributed by atoms with E-state index < -0.39 is 5.97 Å². The summed E-state index contributed by atoms with van der Waals surface area (Å²) in [6.07, 6.45) is 0.935. The van der Waals surface area contributed by atoms with Gasteiger partial charge in [-0.1, -0.05) is 29.8 Å². The van der Waals surface area contributed by atoms with E-state index in [1.807, 2.05) is 24.3 Å². The zero-order chi connectivity index (χ0) is 21.8. The normalized spacial score (nSPS) is 13.6. The molecule has 0 radical (unpaired) electrons. The van der Waals surface area contributed by atoms with Gasteiger partial charge in [-0.25, -0.2) is 4.39 Å². The number of hydrogen-bond acceptors (Lipinski definition) is 4. The van der Waals surface area contributed by atoms with Crippen LogP contribution in [0, 0.1) is 5.82 Å². The number of carboxylic acids is 1. The number of nitrogens with zero attached hydrogens (tertiary/aromatic N) is 2. The molecule has 0 amide bonds. The van der Waals surface area contributed by atoms with E-state index in [4.69, 9.17) is 26.4 Å². The number of carboxylic acid groups (broad SMARTS) is 1. The summed E-state index contributed by atoms with van der Waals surface area (Å²) in [6, 6.07) is 15.7. The number of halogens is 2. The molecule has 31 heavy (non-hydrogen) atoms. The van der Waals surface area contributed by atoms with Gasteiger partial charge in [-0.2, -0.15) is 0 Å². The Kier molecular flexibility index (Phi) is 6.49. The van der Waals surface area contributed by atoms with Gasteiger partial charge < -0.3 is 9.84 Å². The Morgan fingerprint density at radius 2 is 1.97 bits per heavy atom. The molecule has 0 aliphatic carbocycles. The number of hydrogen-bond donors (Lipinski definition) is 1. The second kappa shape index (κ2) is 9.45. The lowest BCUT2D eigenvalue weighted by atomic mass is 10.0. The van der Waals surface area contributed by atoms with E-state index in [-0.39, 0.29) is 12.2 Å². The average Bonchev–Trinajstić information content (AvgIpc) is 2.77. The van der Waals surface area contributed by atoms with Crippen molar-refractivity contribution < 1.29 is 19.0 Å². The standard InChI is InChI=1S/C24H22ClFN2O3/c25-20-13-17(4-8-23(20)31-15-16-1-5-19(26)6-2-16)21-7-3-18-14-28(12-10-24(29)30)11-9-22(18)27-21/h1-8,13H,9-12,14-15H2,(H,29,30). The highest BCUT2D eigenvalue weighted by molar-refractivity contribution is 6.32. The van der Waals surface area contributed by atoms with Crippen LogP contribution in [0.25, 0.3) is 11.3 Å². The smallest absolute Gasteiger partial charge is 0.304 e. The van der Waals surface area contributed by atoms with Crippen molar-refractivity contribution in [3.8, 4) is 17.0 Å². The maximum Gasteiger partial charge on any atom is 0.304 e. The maximum atomic E-state index is 13.0. The lowest BCUT2D eigenvalue weighted by Crippen LogP contribution is -2.32. The fourth-order valence-corrected chi connectivity index (χ4v) is 3.83. The molecular weight excluding hydrogens is 419 g/mol. The minimum atomic E-state index is -0.777. The second-order valence-corrected chi connectivity index (χ2v) is 7.94. The van der Waals surface area contributed by atoms with Crippen molar-refractivity contribution in [3.63, 3.8) is 0 Å². The lowest BCUT2D eigenvalue weighted by Gasteiger charge is -2.27. The van der Waals surface area contributed by atoms with Gasteiger partial charge >= 0.3 is 5.97 Å². The third kappa shape index (κ3) is 5.40. The van der Waals surface area contributed by atoms with Gasteiger partial charge in [0.25, 0.3) is 0 Å². The summed E-state index contributed by atoms with van der Waals surface area (Å²) in [5.74, 6) is -0.500. The van der Waals surface area contributed by atoms with Crippen LogP contribution in [0.5, 0.6) is 5.75 Å². The highest BCUT2D eigenvalue weighted by atomic mass is 35.5. The van der Waals surface area contributed by atoms with Crippen molar-refractivity contribution in [1.82, 2.24) is 9.88 Å². The van der Waals surface area contributed by atoms with Crippen molar-refractivity contribution in [2.45, 2.75) is 26.0 Å². The first kappa shape index (κ1) is 21.3. The number of carbonyl (C=O) groups is 1. The minimum absolute atomic E-state index is 0.148. The van der Waals surface area contributed by atoms with E-state index >= 15 is 0 Å². The van der Waals surface area contributed by atoms with E-state index in [0.29, 0.717) is 30.5 Å². The monoisotopic (exact) mass is 440 g/mol. The Hall–Kier alpha value is -2.96. The van der Waals surface area contributed by atoms with Crippen molar-refractivity contribution in [1.29, 1.82) is 0 Å². The van der Waals surface area contributed by atoms with Crippen LogP contribution >= 0.6 is 11.6 Å². The first-order valence-corrected chi connectivity index (χ1v) is 10.5. The molecule has 160 valence electrons. The Balaban J connectivity index is 1.43. The van der Waals surface area contributed by atoms with Crippen LogP contribution in [-0.2, 0) is 24.4 Å². The third-order valence-electron chi connectivity index (χ3n) is 5.30. The van der Waals surface area contributed by atoms with E-state index in [2.05, 4.69) is 11.0 Å². The summed E-state index contributed by atoms with van der Waals surface area (Å²) in [6.45, 7) is 2.36. The first-order valence-electron chi connectivity index (χ1n) is 10.1. The fraction of sp³-hybridized carbons (Fsp3) is 0.250. The number of fused-ring (bicyclic) bond motifs is 1. The number of benzene rings is 2. The number of aromatic nitrogens is 1. The van der Waals surface area contributed by atoms with E-state index in [9.17, 15) is 9.18 Å². The summed E-state index contributed by atoms with van der Waals surface area (Å²) in [5.41, 5.74) is 4.76. The van der Waals surface area contributed by atoms with Crippen LogP contribution in [-0.4, -0.2) is 34.0 Å². The predicted molar refractivity (Wildman–Crippen MR) is 117 cm³/mol. The molecule has 7 heteroatoms. The molecule has 0 saturated carbocycles. The van der Waals surface area contributed by atoms with Gasteiger partial charge in [-0.3, -0.25) is 14.7 Å². The molecule has 0 fully saturated rings. The van der Waals surface area contributed by atoms with E-state index in [1.165, 1.54) is 12.1 Å². The highest BCUT2D eigenvalue weighted by Gasteiger charge is 2.19. The Bertz CT molecular complexity index is 1090. The second-order valence-electron chi connectivity index (χ2n) is 7.53. The van der Waals surface area contributed by atoms with Crippen LogP contribution in [0.3, 0.4) is 0 Å². The van der Waals surface area contributed by atoms with Crippen molar-refractivity contribution in [2.75, 3.05) is 13.1 Å². The molecule has 1 N–H and O–H groups in total. The summed E-state index contributed by atoms with van der Waals surface area (Å²) >= 11 is 6.43. The number of aliphatic carboxylic acids is 1. The quantitative estimate of drug-likeness (QED) is 0.563. The summed E-state index contributed by atoms with van der Waals surface area (Å²) in [7, 11) is 0. The number of ether oxygens (including phenoxy) is 1. The van der Waals surface area contributed by atoms with Gasteiger partial charge in [-0.15, -0.1) is 0 Å². The molecule has 4 rings (SSSR count). The zero-order valence-corrected chi connectivity index (χ0v) is 17.6. The molecule has 0 bridgehead atoms. The largest absolute Gasteiger partial charge is 0.487 e. The molecule has 0 saturated heterocycles. The Morgan fingerprint density at radius 1 is 1.16 bits per heavy atom. The highest BCUT2D eigenvalue weighted by Crippen LogP contribution is 2.31. The molecule has 3 aromatic rings. The van der Waals surface area contributed by atoms with Crippen LogP contribution in [0.2, 0.25) is 5.02 Å². The van der Waals surface area contributed by atoms with Crippen LogP contribution < -0.4 is 4.74 Å². The topological polar surface area (TPSA) is 62.7 Å². The molecule has 2 aromatic carbocycles. The van der Waals surface area contributed by atoms with Gasteiger partial charge in [0.2, 0.25) is 0 Å². The van der Waals surface area contributed by atoms with Crippen molar-refractivity contribution in [3.05, 3.63) is 82.3 Å². The minimum Gasteiger partial charge on any atom is -0.487 e. The number of pyridine rings is 1. The summed E-state index contributed by atoms with van der Waals surface area (Å²) in [4.78, 5) is 17.7. The molecule has 0 unspecified atom stereocenters. The van der Waals surface area contributed by atoms with Crippen molar-refractivity contribution >= 4 is 17.6 Å². The van der Waals surface area contributed by atoms with E-state index in [1.54, 1.807) is 12.1 Å². The molecule has 2 heterocycles. The molecule has 1 aliphatic rings. The Labute approximate surface area is 185 Å². The zero-order valence-electron chi connectivity index (χ0n) is 16.9. The molecule has 1 aromatic heterocycles. The molecule has 1 aliphatic heterocycles. The van der Waals surface area contributed by atoms with Gasteiger partial charge in [-0.05, 0) is 47.5 Å². The van der Waals surface area contributed by atoms with Crippen LogP contribution in [0.4, 0.5) is 4.39 Å². The predicted octanol–water partition coefficient (Wildman–Crippen LogP) is 4.95. The lowest BCUT2D eigenvalue weighted by molar-refractivity contribution is -0.137. The van der Waals surface area contributed by atoms with Gasteiger partial charge in [0.1, 0.15) is 18.2 Å². The Morgan fingerprint density at radius 3 is 2.71 bits per heavy atom. The van der Waals surface area contributed by atoms with Gasteiger partial charge in [0.05, 0.1) is 17.1 Å². The summed E-state index contributed by atoms with van der Waals surface area (Å²) in [5, 5.41) is 9.36. The number of rotatable bonds is 7. The summed E-state index contributed by atoms with van der Waals surface area (Å²) < 4.78 is 18.8. The first-order chi connectivity index (χ1) is 15.0. The maximum absolute atomic E-state index is 13.0. The molecular formula is C24H22ClFN2O3. The van der Waals surface area contributed by atoms with Crippen molar-refractivity contribution in [2.24, 2.45) is 0 Å². The molecule has 5 nitrogen and oxygen atoms in total.